The molecule has 0 aliphatic carbocycles. The molecule has 0 saturated carbocycles. The third-order valence-corrected chi connectivity index (χ3v) is 3.65. The highest BCUT2D eigenvalue weighted by Crippen LogP contribution is 2.35. The molecule has 2 aromatic heterocycles. The van der Waals surface area contributed by atoms with Crippen molar-refractivity contribution in [2.75, 3.05) is 0 Å². The molecule has 1 N–H and O–H groups in total. The topological polar surface area (TPSA) is 59.9 Å². The van der Waals surface area contributed by atoms with Crippen molar-refractivity contribution in [2.24, 2.45) is 7.05 Å². The summed E-state index contributed by atoms with van der Waals surface area (Å²) in [6.07, 6.45) is 5.45. The van der Waals surface area contributed by atoms with E-state index >= 15 is 0 Å². The van der Waals surface area contributed by atoms with Gasteiger partial charge in [-0.2, -0.15) is 5.10 Å². The summed E-state index contributed by atoms with van der Waals surface area (Å²) in [7, 11) is 1.87. The van der Waals surface area contributed by atoms with Crippen molar-refractivity contribution >= 4 is 10.8 Å². The Hall–Kier alpha value is -2.56. The molecule has 0 bridgehead atoms. The first kappa shape index (κ1) is 14.4. The second kappa shape index (κ2) is 5.33. The molecular weight excluding hydrogens is 278 g/mol. The maximum atomic E-state index is 12.3. The number of hydrogen-bond donors (Lipinski definition) is 1. The van der Waals surface area contributed by atoms with Gasteiger partial charge in [0, 0.05) is 30.6 Å². The van der Waals surface area contributed by atoms with Crippen molar-refractivity contribution in [1.29, 1.82) is 0 Å². The molecule has 0 spiro atoms. The Morgan fingerprint density at radius 1 is 1.36 bits per heavy atom. The van der Waals surface area contributed by atoms with Crippen LogP contribution in [0.15, 0.2) is 35.5 Å². The van der Waals surface area contributed by atoms with Crippen molar-refractivity contribution in [2.45, 2.75) is 26.9 Å². The number of rotatable bonds is 3. The molecule has 5 heteroatoms. The minimum Gasteiger partial charge on any atom is -0.491 e. The van der Waals surface area contributed by atoms with Gasteiger partial charge in [-0.3, -0.25) is 9.48 Å². The summed E-state index contributed by atoms with van der Waals surface area (Å²) in [5.74, 6) is 0.734. The fourth-order valence-electron chi connectivity index (χ4n) is 2.69. The van der Waals surface area contributed by atoms with Gasteiger partial charge in [0.2, 0.25) is 0 Å². The van der Waals surface area contributed by atoms with E-state index in [1.807, 2.05) is 46.1 Å². The van der Waals surface area contributed by atoms with Gasteiger partial charge < -0.3 is 9.72 Å². The third-order valence-electron chi connectivity index (χ3n) is 3.65. The number of aryl methyl sites for hydroxylation is 2. The molecule has 3 rings (SSSR count). The van der Waals surface area contributed by atoms with Gasteiger partial charge in [0.05, 0.1) is 17.7 Å². The zero-order valence-electron chi connectivity index (χ0n) is 13.2. The van der Waals surface area contributed by atoms with Crippen LogP contribution in [0.3, 0.4) is 0 Å². The van der Waals surface area contributed by atoms with Crippen molar-refractivity contribution in [3.8, 4) is 16.9 Å². The first-order valence-corrected chi connectivity index (χ1v) is 7.28. The number of hydrogen-bond acceptors (Lipinski definition) is 3. The van der Waals surface area contributed by atoms with Crippen molar-refractivity contribution < 1.29 is 4.74 Å². The Balaban J connectivity index is 2.37. The van der Waals surface area contributed by atoms with Crippen LogP contribution in [-0.4, -0.2) is 20.9 Å². The summed E-state index contributed by atoms with van der Waals surface area (Å²) in [5.41, 5.74) is 2.68. The lowest BCUT2D eigenvalue weighted by atomic mass is 9.97. The number of fused-ring (bicyclic) bond motifs is 1. The van der Waals surface area contributed by atoms with E-state index in [1.165, 1.54) is 0 Å². The number of nitrogens with zero attached hydrogens (tertiary/aromatic N) is 2. The van der Waals surface area contributed by atoms with Gasteiger partial charge in [0.15, 0.2) is 0 Å². The largest absolute Gasteiger partial charge is 0.491 e. The van der Waals surface area contributed by atoms with E-state index in [0.29, 0.717) is 5.39 Å². The average molecular weight is 297 g/mol. The summed E-state index contributed by atoms with van der Waals surface area (Å²) in [6, 6.07) is 3.92. The number of H-pyrrole nitrogens is 1. The molecule has 0 fully saturated rings. The standard InChI is InChI=1S/C17H19N3O2/c1-10(2)22-15-7-14(12-8-19-20(4)9-12)13-5-6-18-17(21)16(13)11(15)3/h5-10H,1-4H3,(H,18,21). The van der Waals surface area contributed by atoms with E-state index in [2.05, 4.69) is 10.1 Å². The molecule has 0 saturated heterocycles. The van der Waals surface area contributed by atoms with E-state index < -0.39 is 0 Å². The van der Waals surface area contributed by atoms with Gasteiger partial charge in [0.1, 0.15) is 5.75 Å². The number of benzene rings is 1. The van der Waals surface area contributed by atoms with Gasteiger partial charge >= 0.3 is 0 Å². The Morgan fingerprint density at radius 2 is 2.14 bits per heavy atom. The Kier molecular flexibility index (Phi) is 3.48. The summed E-state index contributed by atoms with van der Waals surface area (Å²) in [6.45, 7) is 5.87. The fourth-order valence-corrected chi connectivity index (χ4v) is 2.69. The number of ether oxygens (including phenoxy) is 1. The monoisotopic (exact) mass is 297 g/mol. The smallest absolute Gasteiger partial charge is 0.256 e. The van der Waals surface area contributed by atoms with E-state index in [1.54, 1.807) is 17.1 Å². The maximum absolute atomic E-state index is 12.3. The molecule has 3 aromatic rings. The number of pyridine rings is 1. The van der Waals surface area contributed by atoms with E-state index in [9.17, 15) is 4.79 Å². The van der Waals surface area contributed by atoms with E-state index in [0.717, 1.165) is 27.8 Å². The first-order valence-electron chi connectivity index (χ1n) is 7.28. The molecule has 5 nitrogen and oxygen atoms in total. The number of aromatic amines is 1. The highest BCUT2D eigenvalue weighted by atomic mass is 16.5. The molecule has 2 heterocycles. The Morgan fingerprint density at radius 3 is 2.77 bits per heavy atom. The molecule has 0 aliphatic rings. The fraction of sp³-hybridized carbons (Fsp3) is 0.294. The van der Waals surface area contributed by atoms with Gasteiger partial charge in [-0.15, -0.1) is 0 Å². The quantitative estimate of drug-likeness (QED) is 0.808. The van der Waals surface area contributed by atoms with E-state index in [4.69, 9.17) is 4.74 Å². The Labute approximate surface area is 128 Å². The lowest BCUT2D eigenvalue weighted by Crippen LogP contribution is -2.11. The van der Waals surface area contributed by atoms with Crippen molar-refractivity contribution in [1.82, 2.24) is 14.8 Å². The highest BCUT2D eigenvalue weighted by Gasteiger charge is 2.15. The minimum absolute atomic E-state index is 0.0423. The zero-order chi connectivity index (χ0) is 15.9. The van der Waals surface area contributed by atoms with Crippen LogP contribution in [0.5, 0.6) is 5.75 Å². The molecule has 0 atom stereocenters. The van der Waals surface area contributed by atoms with Crippen molar-refractivity contribution in [3.05, 3.63) is 46.6 Å². The third kappa shape index (κ3) is 2.39. The van der Waals surface area contributed by atoms with Crippen LogP contribution in [0.1, 0.15) is 19.4 Å². The van der Waals surface area contributed by atoms with Crippen LogP contribution < -0.4 is 10.3 Å². The molecule has 114 valence electrons. The molecule has 0 aliphatic heterocycles. The Bertz CT molecular complexity index is 891. The van der Waals surface area contributed by atoms with E-state index in [-0.39, 0.29) is 11.7 Å². The minimum atomic E-state index is -0.102. The van der Waals surface area contributed by atoms with Crippen LogP contribution in [0.2, 0.25) is 0 Å². The summed E-state index contributed by atoms with van der Waals surface area (Å²) in [4.78, 5) is 15.0. The second-order valence-electron chi connectivity index (χ2n) is 5.71. The van der Waals surface area contributed by atoms with Gasteiger partial charge in [-0.05, 0) is 43.9 Å². The predicted octanol–water partition coefficient (Wildman–Crippen LogP) is 3.02. The van der Waals surface area contributed by atoms with Gasteiger partial charge in [0.25, 0.3) is 5.56 Å². The van der Waals surface area contributed by atoms with Crippen LogP contribution in [-0.2, 0) is 7.05 Å². The molecule has 1 aromatic carbocycles. The molecular formula is C17H19N3O2. The second-order valence-corrected chi connectivity index (χ2v) is 5.71. The first-order chi connectivity index (χ1) is 10.5. The van der Waals surface area contributed by atoms with Gasteiger partial charge in [-0.1, -0.05) is 0 Å². The molecule has 0 unspecified atom stereocenters. The van der Waals surface area contributed by atoms with Crippen molar-refractivity contribution in [3.63, 3.8) is 0 Å². The summed E-state index contributed by atoms with van der Waals surface area (Å²) >= 11 is 0. The lowest BCUT2D eigenvalue weighted by molar-refractivity contribution is 0.241. The lowest BCUT2D eigenvalue weighted by Gasteiger charge is -2.16. The van der Waals surface area contributed by atoms with Crippen LogP contribution in [0.4, 0.5) is 0 Å². The van der Waals surface area contributed by atoms with Gasteiger partial charge in [-0.25, -0.2) is 0 Å². The maximum Gasteiger partial charge on any atom is 0.256 e. The molecule has 0 amide bonds. The SMILES string of the molecule is Cc1c(OC(C)C)cc(-c2cnn(C)c2)c2cc[nH]c(=O)c12. The number of aromatic nitrogens is 3. The molecule has 22 heavy (non-hydrogen) atoms. The highest BCUT2D eigenvalue weighted by molar-refractivity contribution is 5.99. The normalized spacial score (nSPS) is 11.3. The zero-order valence-corrected chi connectivity index (χ0v) is 13.2. The predicted molar refractivity (Wildman–Crippen MR) is 87.3 cm³/mol. The molecule has 0 radical (unpaired) electrons. The van der Waals surface area contributed by atoms with Crippen LogP contribution >= 0.6 is 0 Å². The van der Waals surface area contributed by atoms with Crippen LogP contribution in [0.25, 0.3) is 21.9 Å². The summed E-state index contributed by atoms with van der Waals surface area (Å²) in [5, 5.41) is 5.80. The summed E-state index contributed by atoms with van der Waals surface area (Å²) < 4.78 is 7.64. The van der Waals surface area contributed by atoms with Crippen LogP contribution in [0, 0.1) is 6.92 Å². The average Bonchev–Trinajstić information content (AvgIpc) is 2.88. The number of nitrogens with one attached hydrogen (secondary N) is 1.